The second kappa shape index (κ2) is 9.60. The Morgan fingerprint density at radius 2 is 2.11 bits per heavy atom. The monoisotopic (exact) mass is 516 g/mol. The molecule has 36 heavy (non-hydrogen) atoms. The maximum Gasteiger partial charge on any atom is 0.296 e. The first kappa shape index (κ1) is 23.6. The van der Waals surface area contributed by atoms with E-state index in [0.717, 1.165) is 24.0 Å². The summed E-state index contributed by atoms with van der Waals surface area (Å²) in [6.07, 6.45) is 3.39. The molecule has 11 heteroatoms. The van der Waals surface area contributed by atoms with E-state index in [0.29, 0.717) is 40.8 Å². The number of methoxy groups -OCH3 is 1. The van der Waals surface area contributed by atoms with Crippen LogP contribution in [0.1, 0.15) is 29.2 Å². The molecule has 0 saturated carbocycles. The maximum atomic E-state index is 15.1. The number of aliphatic hydroxyl groups excluding tert-OH is 1. The summed E-state index contributed by atoms with van der Waals surface area (Å²) in [4.78, 5) is 12.1. The number of aromatic amines is 1. The molecule has 2 aromatic heterocycles. The number of rotatable bonds is 7. The SMILES string of the molecule is COC/C=C/c1cc(F)c2c(c1)CC[C@@H]2Nc1nc2nc(O[C@@H]3CO[C@H]4C3OC[C@H]4O)[nH]c2cc1Cl. The third-order valence-corrected chi connectivity index (χ3v) is 7.11. The van der Waals surface area contributed by atoms with E-state index < -0.39 is 18.3 Å². The Balaban J connectivity index is 1.20. The quantitative estimate of drug-likeness (QED) is 0.438. The second-order valence-corrected chi connectivity index (χ2v) is 9.63. The van der Waals surface area contributed by atoms with Crippen LogP contribution in [0.25, 0.3) is 17.2 Å². The molecule has 1 aliphatic carbocycles. The van der Waals surface area contributed by atoms with Gasteiger partial charge in [-0.15, -0.1) is 0 Å². The first-order valence-corrected chi connectivity index (χ1v) is 12.3. The fourth-order valence-electron chi connectivity index (χ4n) is 5.17. The van der Waals surface area contributed by atoms with Gasteiger partial charge in [0.2, 0.25) is 0 Å². The predicted octanol–water partition coefficient (Wildman–Crippen LogP) is 3.42. The number of anilines is 1. The van der Waals surface area contributed by atoms with Crippen LogP contribution in [0.3, 0.4) is 0 Å². The summed E-state index contributed by atoms with van der Waals surface area (Å²) >= 11 is 6.52. The molecule has 1 unspecified atom stereocenters. The smallest absolute Gasteiger partial charge is 0.296 e. The van der Waals surface area contributed by atoms with Crippen molar-refractivity contribution in [1.82, 2.24) is 15.0 Å². The van der Waals surface area contributed by atoms with Gasteiger partial charge in [-0.1, -0.05) is 29.8 Å². The first-order valence-electron chi connectivity index (χ1n) is 11.9. The number of fused-ring (bicyclic) bond motifs is 3. The molecule has 190 valence electrons. The molecule has 3 aliphatic rings. The third kappa shape index (κ3) is 4.33. The number of H-pyrrole nitrogens is 1. The fraction of sp³-hybridized carbons (Fsp3) is 0.440. The lowest BCUT2D eigenvalue weighted by Gasteiger charge is -2.16. The highest BCUT2D eigenvalue weighted by molar-refractivity contribution is 6.33. The minimum Gasteiger partial charge on any atom is -0.456 e. The van der Waals surface area contributed by atoms with Gasteiger partial charge < -0.3 is 34.4 Å². The van der Waals surface area contributed by atoms with Crippen molar-refractivity contribution in [3.05, 3.63) is 51.8 Å². The minimum atomic E-state index is -0.655. The Morgan fingerprint density at radius 1 is 1.25 bits per heavy atom. The Bertz CT molecular complexity index is 1320. The van der Waals surface area contributed by atoms with Crippen LogP contribution in [0.4, 0.5) is 10.2 Å². The molecular weight excluding hydrogens is 491 g/mol. The molecule has 0 radical (unpaired) electrons. The zero-order valence-electron chi connectivity index (χ0n) is 19.5. The molecule has 0 bridgehead atoms. The van der Waals surface area contributed by atoms with Crippen molar-refractivity contribution in [3.63, 3.8) is 0 Å². The maximum absolute atomic E-state index is 15.1. The van der Waals surface area contributed by atoms with Crippen LogP contribution >= 0.6 is 11.6 Å². The largest absolute Gasteiger partial charge is 0.456 e. The van der Waals surface area contributed by atoms with Crippen LogP contribution in [0.5, 0.6) is 6.01 Å². The zero-order chi connectivity index (χ0) is 24.8. The van der Waals surface area contributed by atoms with Gasteiger partial charge in [-0.2, -0.15) is 4.98 Å². The zero-order valence-corrected chi connectivity index (χ0v) is 20.3. The van der Waals surface area contributed by atoms with Crippen molar-refractivity contribution < 1.29 is 28.4 Å². The van der Waals surface area contributed by atoms with E-state index in [9.17, 15) is 5.11 Å². The summed E-state index contributed by atoms with van der Waals surface area (Å²) in [5, 5.41) is 13.6. The average Bonchev–Trinajstić information content (AvgIpc) is 3.61. The number of nitrogens with zero attached hydrogens (tertiary/aromatic N) is 2. The Labute approximate surface area is 211 Å². The number of aliphatic hydroxyl groups is 1. The van der Waals surface area contributed by atoms with E-state index in [1.54, 1.807) is 13.2 Å². The van der Waals surface area contributed by atoms with Gasteiger partial charge in [0.1, 0.15) is 29.9 Å². The number of benzene rings is 1. The molecule has 3 N–H and O–H groups in total. The van der Waals surface area contributed by atoms with Gasteiger partial charge in [-0.3, -0.25) is 0 Å². The normalized spacial score (nSPS) is 27.2. The molecular formula is C25H26ClFN4O5. The van der Waals surface area contributed by atoms with Gasteiger partial charge in [-0.05, 0) is 36.1 Å². The van der Waals surface area contributed by atoms with Crippen molar-refractivity contribution in [3.8, 4) is 6.01 Å². The number of pyridine rings is 1. The fourth-order valence-corrected chi connectivity index (χ4v) is 5.37. The van der Waals surface area contributed by atoms with Gasteiger partial charge in [0.15, 0.2) is 11.8 Å². The second-order valence-electron chi connectivity index (χ2n) is 9.22. The van der Waals surface area contributed by atoms with Crippen LogP contribution in [0.2, 0.25) is 5.02 Å². The average molecular weight is 517 g/mol. The number of halogens is 2. The third-order valence-electron chi connectivity index (χ3n) is 6.82. The predicted molar refractivity (Wildman–Crippen MR) is 131 cm³/mol. The van der Waals surface area contributed by atoms with Crippen LogP contribution in [-0.4, -0.2) is 71.4 Å². The number of aryl methyl sites for hydroxylation is 1. The lowest BCUT2D eigenvalue weighted by atomic mass is 10.0. The molecule has 2 aliphatic heterocycles. The van der Waals surface area contributed by atoms with E-state index >= 15 is 4.39 Å². The van der Waals surface area contributed by atoms with Crippen molar-refractivity contribution in [2.24, 2.45) is 0 Å². The molecule has 0 spiro atoms. The number of nitrogens with one attached hydrogen (secondary N) is 2. The Kier molecular flexibility index (Phi) is 6.30. The van der Waals surface area contributed by atoms with E-state index in [2.05, 4.69) is 20.3 Å². The molecule has 9 nitrogen and oxygen atoms in total. The standard InChI is InChI=1S/C25H26ClFN4O5/c1-33-6-2-3-12-7-13-4-5-16(20(13)15(27)8-12)28-23-14(26)9-17-24(30-23)31-25(29-17)36-19-11-35-21-18(32)10-34-22(19)21/h2-3,7-9,16,18-19,21-22,32H,4-6,10-11H2,1H3,(H2,28,29,30,31)/b3-2+/t16-,18+,19+,21+,22?/m0/s1. The van der Waals surface area contributed by atoms with Gasteiger partial charge in [0, 0.05) is 12.7 Å². The van der Waals surface area contributed by atoms with Gasteiger partial charge >= 0.3 is 0 Å². The van der Waals surface area contributed by atoms with Crippen molar-refractivity contribution in [1.29, 1.82) is 0 Å². The molecule has 2 fully saturated rings. The molecule has 1 aromatic carbocycles. The number of ether oxygens (including phenoxy) is 4. The highest BCUT2D eigenvalue weighted by atomic mass is 35.5. The van der Waals surface area contributed by atoms with Crippen molar-refractivity contribution in [2.45, 2.75) is 43.3 Å². The number of imidazole rings is 1. The number of hydrogen-bond acceptors (Lipinski definition) is 8. The van der Waals surface area contributed by atoms with Crippen LogP contribution < -0.4 is 10.1 Å². The number of aromatic nitrogens is 3. The van der Waals surface area contributed by atoms with Gasteiger partial charge in [0.25, 0.3) is 6.01 Å². The minimum absolute atomic E-state index is 0.220. The van der Waals surface area contributed by atoms with Gasteiger partial charge in [-0.25, -0.2) is 9.37 Å². The highest BCUT2D eigenvalue weighted by Crippen LogP contribution is 2.38. The van der Waals surface area contributed by atoms with Crippen LogP contribution in [-0.2, 0) is 20.6 Å². The summed E-state index contributed by atoms with van der Waals surface area (Å²) in [5.41, 5.74) is 3.43. The topological polar surface area (TPSA) is 111 Å². The van der Waals surface area contributed by atoms with Crippen LogP contribution in [0.15, 0.2) is 24.3 Å². The summed E-state index contributed by atoms with van der Waals surface area (Å²) in [5.74, 6) is 0.165. The Morgan fingerprint density at radius 3 is 2.97 bits per heavy atom. The van der Waals surface area contributed by atoms with Crippen LogP contribution in [0, 0.1) is 5.82 Å². The summed E-state index contributed by atoms with van der Waals surface area (Å²) in [6, 6.07) is 5.26. The summed E-state index contributed by atoms with van der Waals surface area (Å²) in [7, 11) is 1.62. The van der Waals surface area contributed by atoms with Crippen molar-refractivity contribution >= 4 is 34.7 Å². The summed E-state index contributed by atoms with van der Waals surface area (Å²) in [6.45, 7) is 0.987. The van der Waals surface area contributed by atoms with Crippen molar-refractivity contribution in [2.75, 3.05) is 32.2 Å². The van der Waals surface area contributed by atoms with E-state index in [-0.39, 0.29) is 30.6 Å². The molecule has 0 amide bonds. The molecule has 3 aromatic rings. The summed E-state index contributed by atoms with van der Waals surface area (Å²) < 4.78 is 37.2. The van der Waals surface area contributed by atoms with Gasteiger partial charge in [0.05, 0.1) is 36.4 Å². The lowest BCUT2D eigenvalue weighted by molar-refractivity contribution is 0.00706. The first-order chi connectivity index (χ1) is 17.5. The number of hydrogen-bond donors (Lipinski definition) is 3. The van der Waals surface area contributed by atoms with E-state index in [4.69, 9.17) is 30.5 Å². The van der Waals surface area contributed by atoms with E-state index in [1.165, 1.54) is 6.07 Å². The lowest BCUT2D eigenvalue weighted by Crippen LogP contribution is -2.34. The molecule has 4 heterocycles. The molecule has 5 atom stereocenters. The molecule has 6 rings (SSSR count). The van der Waals surface area contributed by atoms with E-state index in [1.807, 2.05) is 18.2 Å². The Hall–Kier alpha value is -2.76. The molecule has 2 saturated heterocycles. The highest BCUT2D eigenvalue weighted by Gasteiger charge is 2.48.